The average molecular weight is 198 g/mol. The van der Waals surface area contributed by atoms with Crippen molar-refractivity contribution in [3.8, 4) is 0 Å². The molecule has 0 amide bonds. The van der Waals surface area contributed by atoms with Crippen LogP contribution in [0.5, 0.6) is 0 Å². The fourth-order valence-electron chi connectivity index (χ4n) is 1.51. The van der Waals surface area contributed by atoms with Gasteiger partial charge in [-0.05, 0) is 33.5 Å². The van der Waals surface area contributed by atoms with Crippen molar-refractivity contribution < 1.29 is 4.79 Å². The molecule has 0 aromatic heterocycles. The Morgan fingerprint density at radius 2 is 1.36 bits per heavy atom. The Bertz CT molecular complexity index is 123. The van der Waals surface area contributed by atoms with Crippen molar-refractivity contribution in [3.05, 3.63) is 0 Å². The Hall–Kier alpha value is -0.370. The molecule has 0 aromatic carbocycles. The van der Waals surface area contributed by atoms with E-state index >= 15 is 0 Å². The minimum atomic E-state index is 0.626. The van der Waals surface area contributed by atoms with Crippen LogP contribution in [0.2, 0.25) is 0 Å². The Labute approximate surface area is 88.7 Å². The molecule has 0 aliphatic carbocycles. The van der Waals surface area contributed by atoms with Gasteiger partial charge in [0.05, 0.1) is 0 Å². The third kappa shape index (κ3) is 11.6. The highest BCUT2D eigenvalue weighted by Gasteiger charge is 1.93. The molecule has 0 aliphatic heterocycles. The van der Waals surface area contributed by atoms with Gasteiger partial charge in [-0.3, -0.25) is 4.79 Å². The van der Waals surface area contributed by atoms with Crippen molar-refractivity contribution in [2.24, 2.45) is 0 Å². The first-order valence-corrected chi connectivity index (χ1v) is 5.77. The summed E-state index contributed by atoms with van der Waals surface area (Å²) in [5, 5.41) is 0. The van der Waals surface area contributed by atoms with Crippen LogP contribution >= 0.6 is 0 Å². The molecule has 0 rings (SSSR count). The van der Waals surface area contributed by atoms with Crippen molar-refractivity contribution in [3.63, 3.8) is 0 Å². The van der Waals surface area contributed by atoms with Gasteiger partial charge in [-0.2, -0.15) is 0 Å². The molecule has 0 fully saturated rings. The van der Waals surface area contributed by atoms with Crippen LogP contribution in [0, 0.1) is 0 Å². The molecule has 0 saturated heterocycles. The van der Waals surface area contributed by atoms with E-state index in [9.17, 15) is 4.79 Å². The molecule has 0 saturated carbocycles. The molecule has 0 unspecified atom stereocenters. The Kier molecular flexibility index (Phi) is 10.4. The second-order valence-electron chi connectivity index (χ2n) is 4.17. The molecule has 0 N–H and O–H groups in total. The highest BCUT2D eigenvalue weighted by Crippen LogP contribution is 2.07. The van der Waals surface area contributed by atoms with E-state index in [2.05, 4.69) is 19.0 Å². The molecule has 1 radical (unpaired) electrons. The second kappa shape index (κ2) is 10.7. The fraction of sp³-hybridized carbons (Fsp3) is 0.917. The SMILES string of the molecule is CN(C)CCCCCCCCC[C]=O. The zero-order chi connectivity index (χ0) is 10.6. The summed E-state index contributed by atoms with van der Waals surface area (Å²) in [7, 11) is 4.24. The maximum atomic E-state index is 9.91. The van der Waals surface area contributed by atoms with Gasteiger partial charge in [-0.15, -0.1) is 0 Å². The molecular weight excluding hydrogens is 174 g/mol. The average Bonchev–Trinajstić information content (AvgIpc) is 2.15. The fourth-order valence-corrected chi connectivity index (χ4v) is 1.51. The predicted molar refractivity (Wildman–Crippen MR) is 61.2 cm³/mol. The first kappa shape index (κ1) is 13.6. The summed E-state index contributed by atoms with van der Waals surface area (Å²) in [5.74, 6) is 0. The zero-order valence-corrected chi connectivity index (χ0v) is 9.72. The van der Waals surface area contributed by atoms with E-state index < -0.39 is 0 Å². The molecule has 2 nitrogen and oxygen atoms in total. The maximum absolute atomic E-state index is 9.91. The van der Waals surface area contributed by atoms with Crippen LogP contribution < -0.4 is 0 Å². The number of hydrogen-bond donors (Lipinski definition) is 0. The van der Waals surface area contributed by atoms with Crippen molar-refractivity contribution in [2.75, 3.05) is 20.6 Å². The van der Waals surface area contributed by atoms with Crippen LogP contribution in [0.25, 0.3) is 0 Å². The van der Waals surface area contributed by atoms with Gasteiger partial charge in [0.1, 0.15) is 0 Å². The van der Waals surface area contributed by atoms with Crippen molar-refractivity contribution in [1.29, 1.82) is 0 Å². The summed E-state index contributed by atoms with van der Waals surface area (Å²) in [6.07, 6.45) is 11.4. The number of rotatable bonds is 10. The Balaban J connectivity index is 2.88. The summed E-state index contributed by atoms with van der Waals surface area (Å²) < 4.78 is 0. The summed E-state index contributed by atoms with van der Waals surface area (Å²) >= 11 is 0. The lowest BCUT2D eigenvalue weighted by Gasteiger charge is -2.08. The van der Waals surface area contributed by atoms with Gasteiger partial charge in [0.25, 0.3) is 0 Å². The third-order valence-corrected chi connectivity index (χ3v) is 2.38. The van der Waals surface area contributed by atoms with Crippen LogP contribution in [0.15, 0.2) is 0 Å². The molecule has 0 bridgehead atoms. The third-order valence-electron chi connectivity index (χ3n) is 2.38. The molecule has 83 valence electrons. The topological polar surface area (TPSA) is 20.3 Å². The number of carbonyl (C=O) groups excluding carboxylic acids is 1. The second-order valence-corrected chi connectivity index (χ2v) is 4.17. The standard InChI is InChI=1S/C12H24NO/c1-13(2)11-9-7-5-3-4-6-8-10-12-14/h3-11H2,1-2H3. The van der Waals surface area contributed by atoms with Crippen LogP contribution in [0.1, 0.15) is 51.4 Å². The lowest BCUT2D eigenvalue weighted by molar-refractivity contribution is 0.389. The zero-order valence-electron chi connectivity index (χ0n) is 9.72. The van der Waals surface area contributed by atoms with Crippen LogP contribution in [-0.2, 0) is 4.79 Å². The monoisotopic (exact) mass is 198 g/mol. The first-order valence-electron chi connectivity index (χ1n) is 5.77. The first-order chi connectivity index (χ1) is 6.77. The highest BCUT2D eigenvalue weighted by molar-refractivity contribution is 5.50. The molecule has 0 spiro atoms. The molecule has 0 atom stereocenters. The van der Waals surface area contributed by atoms with E-state index in [-0.39, 0.29) is 0 Å². The van der Waals surface area contributed by atoms with E-state index in [1.807, 2.05) is 6.29 Å². The molecule has 0 heterocycles. The van der Waals surface area contributed by atoms with Gasteiger partial charge in [-0.1, -0.05) is 32.1 Å². The van der Waals surface area contributed by atoms with Crippen molar-refractivity contribution in [2.45, 2.75) is 51.4 Å². The minimum absolute atomic E-state index is 0.626. The molecule has 2 heteroatoms. The van der Waals surface area contributed by atoms with Crippen LogP contribution in [-0.4, -0.2) is 31.8 Å². The summed E-state index contributed by atoms with van der Waals surface area (Å²) in [4.78, 5) is 12.1. The molecule has 14 heavy (non-hydrogen) atoms. The summed E-state index contributed by atoms with van der Waals surface area (Å²) in [6.45, 7) is 1.21. The van der Waals surface area contributed by atoms with Crippen molar-refractivity contribution >= 4 is 6.29 Å². The van der Waals surface area contributed by atoms with Crippen LogP contribution in [0.3, 0.4) is 0 Å². The van der Waals surface area contributed by atoms with Gasteiger partial charge < -0.3 is 4.90 Å². The van der Waals surface area contributed by atoms with E-state index in [4.69, 9.17) is 0 Å². The predicted octanol–water partition coefficient (Wildman–Crippen LogP) is 2.78. The number of unbranched alkanes of at least 4 members (excludes halogenated alkanes) is 7. The van der Waals surface area contributed by atoms with Gasteiger partial charge in [0.2, 0.25) is 0 Å². The maximum Gasteiger partial charge on any atom is 0.198 e. The normalized spacial score (nSPS) is 10.8. The number of hydrogen-bond acceptors (Lipinski definition) is 2. The van der Waals surface area contributed by atoms with E-state index in [0.717, 1.165) is 6.42 Å². The molecular formula is C12H24NO. The lowest BCUT2D eigenvalue weighted by atomic mass is 10.1. The van der Waals surface area contributed by atoms with Crippen LogP contribution in [0.4, 0.5) is 0 Å². The Morgan fingerprint density at radius 1 is 0.857 bits per heavy atom. The molecule has 0 aromatic rings. The van der Waals surface area contributed by atoms with Gasteiger partial charge >= 0.3 is 0 Å². The van der Waals surface area contributed by atoms with Gasteiger partial charge in [0, 0.05) is 6.42 Å². The highest BCUT2D eigenvalue weighted by atomic mass is 16.1. The summed E-state index contributed by atoms with van der Waals surface area (Å²) in [6, 6.07) is 0. The number of nitrogens with zero attached hydrogens (tertiary/aromatic N) is 1. The molecule has 0 aliphatic rings. The van der Waals surface area contributed by atoms with Crippen molar-refractivity contribution in [1.82, 2.24) is 4.90 Å². The smallest absolute Gasteiger partial charge is 0.198 e. The minimum Gasteiger partial charge on any atom is -0.309 e. The van der Waals surface area contributed by atoms with Gasteiger partial charge in [0.15, 0.2) is 6.29 Å². The lowest BCUT2D eigenvalue weighted by Crippen LogP contribution is -2.12. The quantitative estimate of drug-likeness (QED) is 0.503. The summed E-state index contributed by atoms with van der Waals surface area (Å²) in [5.41, 5.74) is 0. The van der Waals surface area contributed by atoms with Gasteiger partial charge in [-0.25, -0.2) is 0 Å². The van der Waals surface area contributed by atoms with E-state index in [1.165, 1.54) is 45.1 Å². The Morgan fingerprint density at radius 3 is 1.86 bits per heavy atom. The van der Waals surface area contributed by atoms with E-state index in [1.54, 1.807) is 0 Å². The van der Waals surface area contributed by atoms with E-state index in [0.29, 0.717) is 6.42 Å². The largest absolute Gasteiger partial charge is 0.309 e.